The lowest BCUT2D eigenvalue weighted by Crippen LogP contribution is -2.21. The van der Waals surface area contributed by atoms with Crippen molar-refractivity contribution in [1.29, 1.82) is 0 Å². The number of aliphatic hydroxyl groups is 2. The molecule has 0 radical (unpaired) electrons. The van der Waals surface area contributed by atoms with E-state index in [1.165, 1.54) is 0 Å². The summed E-state index contributed by atoms with van der Waals surface area (Å²) < 4.78 is 5.15. The van der Waals surface area contributed by atoms with Crippen molar-refractivity contribution in [3.8, 4) is 5.75 Å². The van der Waals surface area contributed by atoms with Gasteiger partial charge in [0.2, 0.25) is 0 Å². The van der Waals surface area contributed by atoms with Gasteiger partial charge in [0.05, 0.1) is 19.8 Å². The first-order valence-corrected chi connectivity index (χ1v) is 6.94. The molecule has 2 aromatic rings. The maximum Gasteiger partial charge on any atom is 0.119 e. The Labute approximate surface area is 125 Å². The van der Waals surface area contributed by atoms with Crippen LogP contribution in [0.4, 0.5) is 0 Å². The van der Waals surface area contributed by atoms with E-state index in [0.29, 0.717) is 13.1 Å². The zero-order valence-corrected chi connectivity index (χ0v) is 12.1. The lowest BCUT2D eigenvalue weighted by atomic mass is 10.1. The van der Waals surface area contributed by atoms with Crippen LogP contribution in [0.1, 0.15) is 22.8 Å². The van der Waals surface area contributed by atoms with Crippen LogP contribution in [0.15, 0.2) is 48.5 Å². The molecule has 0 saturated carbocycles. The monoisotopic (exact) mass is 287 g/mol. The molecule has 0 saturated heterocycles. The van der Waals surface area contributed by atoms with E-state index in [4.69, 9.17) is 9.84 Å². The maximum atomic E-state index is 10.2. The van der Waals surface area contributed by atoms with Gasteiger partial charge in [-0.25, -0.2) is 0 Å². The molecule has 0 heterocycles. The van der Waals surface area contributed by atoms with Crippen molar-refractivity contribution < 1.29 is 14.9 Å². The number of rotatable bonds is 7. The number of aliphatic hydroxyl groups excluding tert-OH is 2. The largest absolute Gasteiger partial charge is 0.497 e. The highest BCUT2D eigenvalue weighted by Crippen LogP contribution is 2.18. The molecule has 3 N–H and O–H groups in total. The van der Waals surface area contributed by atoms with Crippen molar-refractivity contribution >= 4 is 0 Å². The third-order valence-electron chi connectivity index (χ3n) is 3.32. The Morgan fingerprint density at radius 2 is 1.86 bits per heavy atom. The van der Waals surface area contributed by atoms with Crippen LogP contribution in [0.2, 0.25) is 0 Å². The average Bonchev–Trinajstić information content (AvgIpc) is 2.55. The molecule has 0 spiro atoms. The fourth-order valence-corrected chi connectivity index (χ4v) is 2.16. The summed E-state index contributed by atoms with van der Waals surface area (Å²) in [4.78, 5) is 0. The van der Waals surface area contributed by atoms with Crippen LogP contribution in [0, 0.1) is 0 Å². The fourth-order valence-electron chi connectivity index (χ4n) is 2.16. The Bertz CT molecular complexity index is 571. The second-order valence-corrected chi connectivity index (χ2v) is 4.90. The summed E-state index contributed by atoms with van der Waals surface area (Å²) in [6.07, 6.45) is -0.582. The van der Waals surface area contributed by atoms with E-state index in [9.17, 15) is 5.11 Å². The third kappa shape index (κ3) is 4.56. The van der Waals surface area contributed by atoms with Crippen LogP contribution in [0.25, 0.3) is 0 Å². The first-order chi connectivity index (χ1) is 10.2. The molecule has 0 fully saturated rings. The molecule has 21 heavy (non-hydrogen) atoms. The van der Waals surface area contributed by atoms with Gasteiger partial charge in [0.1, 0.15) is 5.75 Å². The van der Waals surface area contributed by atoms with E-state index >= 15 is 0 Å². The van der Waals surface area contributed by atoms with Crippen LogP contribution < -0.4 is 10.1 Å². The summed E-state index contributed by atoms with van der Waals surface area (Å²) >= 11 is 0. The molecule has 0 aliphatic rings. The molecule has 0 aromatic heterocycles. The number of methoxy groups -OCH3 is 1. The van der Waals surface area contributed by atoms with Crippen LogP contribution in [-0.4, -0.2) is 23.9 Å². The average molecular weight is 287 g/mol. The van der Waals surface area contributed by atoms with Crippen LogP contribution >= 0.6 is 0 Å². The molecular weight excluding hydrogens is 266 g/mol. The van der Waals surface area contributed by atoms with E-state index in [-0.39, 0.29) is 6.61 Å². The Morgan fingerprint density at radius 1 is 1.10 bits per heavy atom. The minimum Gasteiger partial charge on any atom is -0.497 e. The molecule has 112 valence electrons. The molecular formula is C17H21NO3. The molecule has 2 aromatic carbocycles. The molecule has 0 aliphatic heterocycles. The topological polar surface area (TPSA) is 61.7 Å². The van der Waals surface area contributed by atoms with Crippen LogP contribution in [0.3, 0.4) is 0 Å². The Hall–Kier alpha value is -1.88. The van der Waals surface area contributed by atoms with Crippen molar-refractivity contribution in [2.75, 3.05) is 13.7 Å². The second-order valence-electron chi connectivity index (χ2n) is 4.90. The van der Waals surface area contributed by atoms with E-state index in [0.717, 1.165) is 22.4 Å². The summed E-state index contributed by atoms with van der Waals surface area (Å²) in [5.41, 5.74) is 2.80. The molecule has 0 bridgehead atoms. The summed E-state index contributed by atoms with van der Waals surface area (Å²) in [5, 5.41) is 22.5. The first-order valence-electron chi connectivity index (χ1n) is 6.94. The van der Waals surface area contributed by atoms with Gasteiger partial charge < -0.3 is 20.3 Å². The second kappa shape index (κ2) is 7.78. The zero-order valence-electron chi connectivity index (χ0n) is 12.1. The van der Waals surface area contributed by atoms with Crippen molar-refractivity contribution in [3.05, 3.63) is 65.2 Å². The van der Waals surface area contributed by atoms with Gasteiger partial charge in [-0.1, -0.05) is 36.4 Å². The minimum absolute atomic E-state index is 0.0419. The van der Waals surface area contributed by atoms with Gasteiger partial charge >= 0.3 is 0 Å². The van der Waals surface area contributed by atoms with Crippen molar-refractivity contribution in [1.82, 2.24) is 5.32 Å². The van der Waals surface area contributed by atoms with E-state index in [1.54, 1.807) is 7.11 Å². The summed E-state index contributed by atoms with van der Waals surface area (Å²) in [5.74, 6) is 0.738. The number of nitrogens with one attached hydrogen (secondary N) is 1. The first kappa shape index (κ1) is 15.5. The van der Waals surface area contributed by atoms with Crippen molar-refractivity contribution in [3.63, 3.8) is 0 Å². The predicted octanol–water partition coefficient (Wildman–Crippen LogP) is 2.01. The molecule has 1 atom stereocenters. The number of benzene rings is 2. The van der Waals surface area contributed by atoms with E-state index < -0.39 is 6.10 Å². The SMILES string of the molecule is COc1cccc(C(O)CNCc2cccc(CO)c2)c1. The normalized spacial score (nSPS) is 12.1. The van der Waals surface area contributed by atoms with Gasteiger partial charge in [-0.15, -0.1) is 0 Å². The van der Waals surface area contributed by atoms with Gasteiger partial charge in [-0.2, -0.15) is 0 Å². The summed E-state index contributed by atoms with van der Waals surface area (Å²) in [6, 6.07) is 15.2. The Kier molecular flexibility index (Phi) is 5.75. The van der Waals surface area contributed by atoms with E-state index in [1.807, 2.05) is 48.5 Å². The fraction of sp³-hybridized carbons (Fsp3) is 0.294. The number of ether oxygens (including phenoxy) is 1. The standard InChI is InChI=1S/C17H21NO3/c1-21-16-7-3-6-15(9-16)17(20)11-18-10-13-4-2-5-14(8-13)12-19/h2-9,17-20H,10-12H2,1H3. The molecule has 4 nitrogen and oxygen atoms in total. The van der Waals surface area contributed by atoms with Gasteiger partial charge in [0.15, 0.2) is 0 Å². The zero-order chi connectivity index (χ0) is 15.1. The lowest BCUT2D eigenvalue weighted by molar-refractivity contribution is 0.174. The predicted molar refractivity (Wildman–Crippen MR) is 82.0 cm³/mol. The quantitative estimate of drug-likeness (QED) is 0.729. The lowest BCUT2D eigenvalue weighted by Gasteiger charge is -2.13. The van der Waals surface area contributed by atoms with E-state index in [2.05, 4.69) is 5.32 Å². The van der Waals surface area contributed by atoms with Crippen molar-refractivity contribution in [2.24, 2.45) is 0 Å². The Morgan fingerprint density at radius 3 is 2.62 bits per heavy atom. The van der Waals surface area contributed by atoms with Gasteiger partial charge in [-0.3, -0.25) is 0 Å². The third-order valence-corrected chi connectivity index (χ3v) is 3.32. The van der Waals surface area contributed by atoms with Gasteiger partial charge in [0, 0.05) is 13.1 Å². The van der Waals surface area contributed by atoms with Gasteiger partial charge in [-0.05, 0) is 28.8 Å². The molecule has 0 aliphatic carbocycles. The molecule has 2 rings (SSSR count). The minimum atomic E-state index is -0.582. The summed E-state index contributed by atoms with van der Waals surface area (Å²) in [6.45, 7) is 1.14. The smallest absolute Gasteiger partial charge is 0.119 e. The molecule has 0 amide bonds. The van der Waals surface area contributed by atoms with Gasteiger partial charge in [0.25, 0.3) is 0 Å². The Balaban J connectivity index is 1.87. The number of hydrogen-bond acceptors (Lipinski definition) is 4. The highest BCUT2D eigenvalue weighted by Gasteiger charge is 2.08. The van der Waals surface area contributed by atoms with Crippen LogP contribution in [0.5, 0.6) is 5.75 Å². The van der Waals surface area contributed by atoms with Crippen molar-refractivity contribution in [2.45, 2.75) is 19.3 Å². The van der Waals surface area contributed by atoms with Crippen LogP contribution in [-0.2, 0) is 13.2 Å². The summed E-state index contributed by atoms with van der Waals surface area (Å²) in [7, 11) is 1.61. The molecule has 1 unspecified atom stereocenters. The number of hydrogen-bond donors (Lipinski definition) is 3. The highest BCUT2D eigenvalue weighted by molar-refractivity contribution is 5.30. The maximum absolute atomic E-state index is 10.2. The molecule has 4 heteroatoms. The highest BCUT2D eigenvalue weighted by atomic mass is 16.5.